The van der Waals surface area contributed by atoms with Crippen LogP contribution in [0.4, 0.5) is 0 Å². The van der Waals surface area contributed by atoms with Crippen molar-refractivity contribution in [1.82, 2.24) is 4.90 Å². The van der Waals surface area contributed by atoms with E-state index >= 15 is 0 Å². The number of carbonyl (C=O) groups is 5. The zero-order chi connectivity index (χ0) is 33.1. The first-order chi connectivity index (χ1) is 19.7. The van der Waals surface area contributed by atoms with Gasteiger partial charge in [-0.15, -0.1) is 0 Å². The highest BCUT2D eigenvalue weighted by atomic mass is 16.4. The third kappa shape index (κ3) is 4.81. The fourth-order valence-electron chi connectivity index (χ4n) is 5.87. The zero-order valence-corrected chi connectivity index (χ0v) is 22.7. The molecule has 3 aliphatic carbocycles. The first-order valence-corrected chi connectivity index (χ1v) is 12.4. The number of hydrogen-bond acceptors (Lipinski definition) is 14. The van der Waals surface area contributed by atoms with E-state index in [1.165, 1.54) is 44.1 Å². The van der Waals surface area contributed by atoms with Crippen molar-refractivity contribution in [3.63, 3.8) is 0 Å². The lowest BCUT2D eigenvalue weighted by molar-refractivity contribution is -0.181. The summed E-state index contributed by atoms with van der Waals surface area (Å²) in [4.78, 5) is 59.5. The molecule has 17 heteroatoms. The molecule has 1 saturated carbocycles. The number of carboxylic acid groups (broad SMARTS) is 2. The van der Waals surface area contributed by atoms with Gasteiger partial charge in [-0.1, -0.05) is 12.1 Å². The number of ketones is 2. The van der Waals surface area contributed by atoms with Crippen molar-refractivity contribution >= 4 is 35.2 Å². The average molecular weight is 611 g/mol. The predicted molar refractivity (Wildman–Crippen MR) is 139 cm³/mol. The molecule has 4 rings (SSSR count). The Kier molecular flexibility index (Phi) is 8.49. The molecule has 17 nitrogen and oxygen atoms in total. The molecule has 0 bridgehead atoms. The van der Waals surface area contributed by atoms with Crippen LogP contribution >= 0.6 is 0 Å². The van der Waals surface area contributed by atoms with Crippen molar-refractivity contribution < 1.29 is 75.0 Å². The predicted octanol–water partition coefficient (Wildman–Crippen LogP) is -3.52. The standard InChI is InChI=1S/C22H24N2O9.C4H6O6/c1-21(32)7-5-4-6-8(25)9(7)15(26)10-12(21)17(28)13-14(24(2)3)16(27)11(20(23)31)19(30)22(13,33)18(10)29;5-1(3(7)8)2(6)4(9)10/h4-6,12-14,17,25-26,28,30,32-33H,1-3H3,(H2,23,31);1-2,5-6H,(H,7,8)(H,9,10)/t12-,13-,14+,17+,21-,22+;/m1./s1. The number of nitrogens with two attached hydrogens (primary N) is 1. The molecular weight excluding hydrogens is 580 g/mol. The SMILES string of the molecule is CN(C)[C@@H]1C(=O)C(C(N)=O)=C(O)[C@@]2(O)C(=O)C3=C(O)c4c(O)cccc4[C@@](C)(O)[C@H]3[C@H](O)[C@@H]12.O=C(O)C(O)C(O)C(=O)O. The molecule has 3 aliphatic rings. The van der Waals surface area contributed by atoms with E-state index in [0.717, 1.165) is 0 Å². The van der Waals surface area contributed by atoms with Gasteiger partial charge in [0.05, 0.1) is 40.7 Å². The summed E-state index contributed by atoms with van der Waals surface area (Å²) in [7, 11) is 2.80. The van der Waals surface area contributed by atoms with Crippen LogP contribution in [-0.4, -0.2) is 129 Å². The summed E-state index contributed by atoms with van der Waals surface area (Å²) >= 11 is 0. The van der Waals surface area contributed by atoms with E-state index in [9.17, 15) is 54.6 Å². The molecule has 1 aromatic rings. The summed E-state index contributed by atoms with van der Waals surface area (Å²) in [5, 5.41) is 98.9. The molecule has 8 atom stereocenters. The number of phenolic OH excluding ortho intramolecular Hbond substituents is 1. The molecule has 43 heavy (non-hydrogen) atoms. The third-order valence-corrected chi connectivity index (χ3v) is 7.84. The van der Waals surface area contributed by atoms with Crippen LogP contribution in [0.15, 0.2) is 35.1 Å². The second-order valence-electron chi connectivity index (χ2n) is 10.6. The Balaban J connectivity index is 0.000000436. The van der Waals surface area contributed by atoms with Gasteiger partial charge in [0.2, 0.25) is 5.78 Å². The van der Waals surface area contributed by atoms with Crippen LogP contribution in [0.2, 0.25) is 0 Å². The van der Waals surface area contributed by atoms with Gasteiger partial charge in [-0.2, -0.15) is 0 Å². The maximum Gasteiger partial charge on any atom is 0.335 e. The summed E-state index contributed by atoms with van der Waals surface area (Å²) in [6.45, 7) is 1.25. The van der Waals surface area contributed by atoms with Crippen LogP contribution in [-0.2, 0) is 29.6 Å². The minimum atomic E-state index is -3.02. The largest absolute Gasteiger partial charge is 0.508 e. The topological polar surface area (TPSA) is 317 Å². The van der Waals surface area contributed by atoms with E-state index in [1.807, 2.05) is 0 Å². The van der Waals surface area contributed by atoms with Crippen LogP contribution in [0.5, 0.6) is 5.75 Å². The van der Waals surface area contributed by atoms with Gasteiger partial charge in [-0.25, -0.2) is 9.59 Å². The van der Waals surface area contributed by atoms with Crippen molar-refractivity contribution in [1.29, 1.82) is 0 Å². The second kappa shape index (κ2) is 11.0. The van der Waals surface area contributed by atoms with Crippen LogP contribution in [0, 0.1) is 11.8 Å². The summed E-state index contributed by atoms with van der Waals surface area (Å²) in [6.07, 6.45) is -6.40. The first kappa shape index (κ1) is 33.1. The number of likely N-dealkylation sites (N-methyl/N-ethyl adjacent to an activating group) is 1. The number of nitrogens with zero attached hydrogens (tertiary/aromatic N) is 1. The molecule has 12 N–H and O–H groups in total. The Morgan fingerprint density at radius 2 is 1.49 bits per heavy atom. The van der Waals surface area contributed by atoms with E-state index < -0.39 is 105 Å². The Labute approximate surface area is 241 Å². The maximum absolute atomic E-state index is 13.7. The van der Waals surface area contributed by atoms with Crippen LogP contribution in [0.25, 0.3) is 5.76 Å². The smallest absolute Gasteiger partial charge is 0.335 e. The summed E-state index contributed by atoms with van der Waals surface area (Å²) in [6, 6.07) is 2.50. The minimum absolute atomic E-state index is 0.00664. The Morgan fingerprint density at radius 1 is 0.977 bits per heavy atom. The number of carboxylic acids is 2. The summed E-state index contributed by atoms with van der Waals surface area (Å²) in [5.41, 5.74) is -1.78. The van der Waals surface area contributed by atoms with Crippen LogP contribution < -0.4 is 5.73 Å². The van der Waals surface area contributed by atoms with Crippen LogP contribution in [0.3, 0.4) is 0 Å². The number of carbonyl (C=O) groups excluding carboxylic acids is 3. The summed E-state index contributed by atoms with van der Waals surface area (Å²) in [5.74, 6) is -13.2. The van der Waals surface area contributed by atoms with Gasteiger partial charge < -0.3 is 56.8 Å². The van der Waals surface area contributed by atoms with E-state index in [0.29, 0.717) is 0 Å². The number of aliphatic hydroxyl groups excluding tert-OH is 5. The molecule has 2 unspecified atom stereocenters. The highest BCUT2D eigenvalue weighted by Gasteiger charge is 2.70. The Bertz CT molecular complexity index is 1460. The fraction of sp³-hybridized carbons (Fsp3) is 0.423. The van der Waals surface area contributed by atoms with Gasteiger partial charge in [0.25, 0.3) is 5.91 Å². The van der Waals surface area contributed by atoms with Crippen LogP contribution in [0.1, 0.15) is 18.1 Å². The quantitative estimate of drug-likeness (QED) is 0.144. The number of aliphatic hydroxyl groups is 7. The highest BCUT2D eigenvalue weighted by Crippen LogP contribution is 2.57. The normalized spacial score (nSPS) is 31.3. The number of fused-ring (bicyclic) bond motifs is 3. The number of hydrogen-bond donors (Lipinski definition) is 11. The molecule has 1 amide bonds. The van der Waals surface area contributed by atoms with Gasteiger partial charge in [-0.05, 0) is 32.6 Å². The highest BCUT2D eigenvalue weighted by molar-refractivity contribution is 6.24. The van der Waals surface area contributed by atoms with E-state index in [-0.39, 0.29) is 11.1 Å². The number of Topliss-reactive ketones (excluding diaryl/α,β-unsaturated/α-hetero) is 2. The number of benzene rings is 1. The lowest BCUT2D eigenvalue weighted by Gasteiger charge is -2.55. The van der Waals surface area contributed by atoms with Gasteiger partial charge in [0.15, 0.2) is 23.6 Å². The van der Waals surface area contributed by atoms with Gasteiger partial charge >= 0.3 is 11.9 Å². The average Bonchev–Trinajstić information content (AvgIpc) is 2.89. The summed E-state index contributed by atoms with van der Waals surface area (Å²) < 4.78 is 0. The molecule has 0 saturated heterocycles. The molecule has 0 aliphatic heterocycles. The Hall–Kier alpha value is -4.39. The van der Waals surface area contributed by atoms with Crippen molar-refractivity contribution in [2.45, 2.75) is 42.5 Å². The minimum Gasteiger partial charge on any atom is -0.508 e. The molecule has 0 radical (unpaired) electrons. The number of amides is 1. The van der Waals surface area contributed by atoms with Gasteiger partial charge in [0.1, 0.15) is 22.8 Å². The lowest BCUT2D eigenvalue weighted by atomic mass is 9.53. The van der Waals surface area contributed by atoms with E-state index in [1.54, 1.807) is 0 Å². The number of phenols is 1. The maximum atomic E-state index is 13.7. The van der Waals surface area contributed by atoms with Crippen molar-refractivity contribution in [2.24, 2.45) is 17.6 Å². The van der Waals surface area contributed by atoms with Crippen molar-refractivity contribution in [2.75, 3.05) is 14.1 Å². The number of aromatic hydroxyl groups is 1. The van der Waals surface area contributed by atoms with Gasteiger partial charge in [-0.3, -0.25) is 19.3 Å². The second-order valence-corrected chi connectivity index (χ2v) is 10.6. The molecule has 0 aromatic heterocycles. The number of primary amides is 1. The fourth-order valence-corrected chi connectivity index (χ4v) is 5.87. The van der Waals surface area contributed by atoms with E-state index in [4.69, 9.17) is 26.2 Å². The van der Waals surface area contributed by atoms with Crippen molar-refractivity contribution in [3.05, 3.63) is 46.2 Å². The number of aliphatic carboxylic acids is 2. The number of rotatable bonds is 5. The van der Waals surface area contributed by atoms with Gasteiger partial charge in [0, 0.05) is 0 Å². The monoisotopic (exact) mass is 610 g/mol. The molecule has 234 valence electrons. The lowest BCUT2D eigenvalue weighted by Crippen LogP contribution is -2.71. The molecular formula is C26H30N2O15. The zero-order valence-electron chi connectivity index (χ0n) is 22.7. The molecule has 1 aromatic carbocycles. The molecule has 0 spiro atoms. The van der Waals surface area contributed by atoms with E-state index in [2.05, 4.69) is 0 Å². The van der Waals surface area contributed by atoms with Crippen molar-refractivity contribution in [3.8, 4) is 5.75 Å². The first-order valence-electron chi connectivity index (χ1n) is 12.4. The third-order valence-electron chi connectivity index (χ3n) is 7.84. The molecule has 0 heterocycles. The molecule has 1 fully saturated rings. The Morgan fingerprint density at radius 3 is 1.93 bits per heavy atom.